The first-order valence-electron chi connectivity index (χ1n) is 9.66. The van der Waals surface area contributed by atoms with Crippen molar-refractivity contribution in [2.75, 3.05) is 5.32 Å². The Morgan fingerprint density at radius 2 is 2.11 bits per heavy atom. The first kappa shape index (κ1) is 19.4. The van der Waals surface area contributed by atoms with Gasteiger partial charge in [-0.3, -0.25) is 4.79 Å². The molecule has 1 N–H and O–H groups in total. The van der Waals surface area contributed by atoms with Crippen molar-refractivity contribution in [2.24, 2.45) is 5.92 Å². The van der Waals surface area contributed by atoms with Gasteiger partial charge in [-0.2, -0.15) is 5.26 Å². The predicted molar refractivity (Wildman–Crippen MR) is 109 cm³/mol. The van der Waals surface area contributed by atoms with Gasteiger partial charge in [0.25, 0.3) is 5.91 Å². The molecule has 0 bridgehead atoms. The van der Waals surface area contributed by atoms with E-state index in [1.165, 1.54) is 10.4 Å². The van der Waals surface area contributed by atoms with E-state index < -0.39 is 6.10 Å². The Labute approximate surface area is 165 Å². The monoisotopic (exact) mass is 382 g/mol. The summed E-state index contributed by atoms with van der Waals surface area (Å²) < 4.78 is 5.77. The number of benzene rings is 1. The van der Waals surface area contributed by atoms with E-state index in [9.17, 15) is 10.1 Å². The number of fused-ring (bicyclic) bond motifs is 1. The third-order valence-electron chi connectivity index (χ3n) is 5.31. The molecule has 2 atom stereocenters. The summed E-state index contributed by atoms with van der Waals surface area (Å²) in [6.45, 7) is 6.04. The summed E-state index contributed by atoms with van der Waals surface area (Å²) in [4.78, 5) is 13.9. The number of anilines is 1. The molecule has 1 heterocycles. The molecule has 0 spiro atoms. The Balaban J connectivity index is 1.70. The molecule has 1 aromatic carbocycles. The summed E-state index contributed by atoms with van der Waals surface area (Å²) in [5, 5.41) is 13.2. The highest BCUT2D eigenvalue weighted by Crippen LogP contribution is 2.40. The summed E-state index contributed by atoms with van der Waals surface area (Å²) in [7, 11) is 0. The van der Waals surface area contributed by atoms with Gasteiger partial charge >= 0.3 is 0 Å². The zero-order valence-corrected chi connectivity index (χ0v) is 17.0. The van der Waals surface area contributed by atoms with Crippen molar-refractivity contribution in [1.82, 2.24) is 0 Å². The van der Waals surface area contributed by atoms with Crippen LogP contribution in [0.4, 0.5) is 5.00 Å². The van der Waals surface area contributed by atoms with Crippen LogP contribution in [0, 0.1) is 17.2 Å². The maximum absolute atomic E-state index is 12.6. The van der Waals surface area contributed by atoms with Crippen molar-refractivity contribution >= 4 is 22.2 Å². The minimum absolute atomic E-state index is 0.225. The molecule has 0 unspecified atom stereocenters. The van der Waals surface area contributed by atoms with Gasteiger partial charge in [0.2, 0.25) is 0 Å². The average molecular weight is 383 g/mol. The van der Waals surface area contributed by atoms with Crippen molar-refractivity contribution in [1.29, 1.82) is 5.26 Å². The molecule has 5 heteroatoms. The lowest BCUT2D eigenvalue weighted by atomic mass is 9.86. The number of carbonyl (C=O) groups is 1. The van der Waals surface area contributed by atoms with Crippen molar-refractivity contribution < 1.29 is 9.53 Å². The molecule has 1 amide bonds. The second kappa shape index (κ2) is 8.58. The third-order valence-corrected chi connectivity index (χ3v) is 6.48. The van der Waals surface area contributed by atoms with E-state index in [4.69, 9.17) is 4.74 Å². The van der Waals surface area contributed by atoms with Crippen molar-refractivity contribution in [3.63, 3.8) is 0 Å². The molecular weight excluding hydrogens is 356 g/mol. The average Bonchev–Trinajstić information content (AvgIpc) is 3.04. The predicted octanol–water partition coefficient (Wildman–Crippen LogP) is 5.10. The number of amides is 1. The van der Waals surface area contributed by atoms with Gasteiger partial charge in [-0.15, -0.1) is 11.3 Å². The Bertz CT molecular complexity index is 848. The molecule has 0 saturated heterocycles. The summed E-state index contributed by atoms with van der Waals surface area (Å²) in [5.41, 5.74) is 3.00. The number of rotatable bonds is 6. The highest BCUT2D eigenvalue weighted by Gasteiger charge is 2.26. The van der Waals surface area contributed by atoms with E-state index in [-0.39, 0.29) is 5.91 Å². The van der Waals surface area contributed by atoms with Crippen LogP contribution in [0.15, 0.2) is 24.3 Å². The van der Waals surface area contributed by atoms with Crippen molar-refractivity contribution in [3.05, 3.63) is 45.8 Å². The molecule has 0 aliphatic heterocycles. The molecule has 142 valence electrons. The van der Waals surface area contributed by atoms with Crippen LogP contribution >= 0.6 is 11.3 Å². The van der Waals surface area contributed by atoms with E-state index in [1.54, 1.807) is 18.3 Å². The van der Waals surface area contributed by atoms with Crippen LogP contribution in [-0.4, -0.2) is 12.0 Å². The number of thiophene rings is 1. The Hall–Kier alpha value is -2.32. The Morgan fingerprint density at radius 3 is 2.74 bits per heavy atom. The molecule has 1 aliphatic rings. The highest BCUT2D eigenvalue weighted by atomic mass is 32.1. The van der Waals surface area contributed by atoms with Gasteiger partial charge in [0.05, 0.1) is 5.56 Å². The van der Waals surface area contributed by atoms with E-state index >= 15 is 0 Å². The van der Waals surface area contributed by atoms with E-state index in [0.717, 1.165) is 37.7 Å². The van der Waals surface area contributed by atoms with Gasteiger partial charge in [0.15, 0.2) is 6.10 Å². The maximum atomic E-state index is 12.6. The molecule has 1 aliphatic carbocycles. The van der Waals surface area contributed by atoms with Crippen molar-refractivity contribution in [2.45, 2.75) is 59.0 Å². The SMILES string of the molecule is CCc1ccc(O[C@H](C)C(=O)Nc2sc3c(c2C#N)CC[C@H](CC)C3)cc1. The Morgan fingerprint density at radius 1 is 1.37 bits per heavy atom. The van der Waals surface area contributed by atoms with Crippen LogP contribution in [0.25, 0.3) is 0 Å². The van der Waals surface area contributed by atoms with Crippen LogP contribution < -0.4 is 10.1 Å². The lowest BCUT2D eigenvalue weighted by Gasteiger charge is -2.20. The summed E-state index contributed by atoms with van der Waals surface area (Å²) in [6, 6.07) is 10.1. The zero-order chi connectivity index (χ0) is 19.4. The standard InChI is InChI=1S/C22H26N2O2S/c1-4-15-6-9-17(10-7-15)26-14(3)21(25)24-22-19(13-23)18-11-8-16(5-2)12-20(18)27-22/h6-7,9-10,14,16H,4-5,8,11-12H2,1-3H3,(H,24,25)/t14-,16+/m1/s1. The molecule has 0 radical (unpaired) electrons. The number of hydrogen-bond donors (Lipinski definition) is 1. The number of ether oxygens (including phenoxy) is 1. The molecule has 0 fully saturated rings. The topological polar surface area (TPSA) is 62.1 Å². The van der Waals surface area contributed by atoms with Crippen LogP contribution in [0.3, 0.4) is 0 Å². The lowest BCUT2D eigenvalue weighted by Crippen LogP contribution is -2.30. The minimum Gasteiger partial charge on any atom is -0.481 e. The summed E-state index contributed by atoms with van der Waals surface area (Å²) in [6.07, 6.45) is 4.55. The van der Waals surface area contributed by atoms with Crippen LogP contribution in [0.1, 0.15) is 55.2 Å². The van der Waals surface area contributed by atoms with Gasteiger partial charge in [-0.25, -0.2) is 0 Å². The van der Waals surface area contributed by atoms with Gasteiger partial charge in [-0.1, -0.05) is 32.4 Å². The normalized spacial score (nSPS) is 16.9. The van der Waals surface area contributed by atoms with E-state index in [2.05, 4.69) is 25.2 Å². The number of hydrogen-bond acceptors (Lipinski definition) is 4. The van der Waals surface area contributed by atoms with Gasteiger partial charge in [0.1, 0.15) is 16.8 Å². The number of nitrogens with one attached hydrogen (secondary N) is 1. The fourth-order valence-corrected chi connectivity index (χ4v) is 4.80. The summed E-state index contributed by atoms with van der Waals surface area (Å²) in [5.74, 6) is 1.13. The molecule has 2 aromatic rings. The van der Waals surface area contributed by atoms with Gasteiger partial charge < -0.3 is 10.1 Å². The maximum Gasteiger partial charge on any atom is 0.265 e. The molecule has 0 saturated carbocycles. The third kappa shape index (κ3) is 4.33. The molecule has 3 rings (SSSR count). The zero-order valence-electron chi connectivity index (χ0n) is 16.2. The van der Waals surface area contributed by atoms with Crippen LogP contribution in [0.5, 0.6) is 5.75 Å². The van der Waals surface area contributed by atoms with E-state index in [0.29, 0.717) is 22.2 Å². The number of aryl methyl sites for hydroxylation is 1. The number of nitrogens with zero attached hydrogens (tertiary/aromatic N) is 1. The first-order valence-corrected chi connectivity index (χ1v) is 10.5. The molecule has 1 aromatic heterocycles. The van der Waals surface area contributed by atoms with E-state index in [1.807, 2.05) is 24.3 Å². The van der Waals surface area contributed by atoms with Gasteiger partial charge in [0, 0.05) is 4.88 Å². The number of carbonyl (C=O) groups excluding carboxylic acids is 1. The second-order valence-corrected chi connectivity index (χ2v) is 8.19. The molecule has 27 heavy (non-hydrogen) atoms. The van der Waals surface area contributed by atoms with Gasteiger partial charge in [-0.05, 0) is 61.8 Å². The fourth-order valence-electron chi connectivity index (χ4n) is 3.48. The fraction of sp³-hybridized carbons (Fsp3) is 0.455. The second-order valence-electron chi connectivity index (χ2n) is 7.08. The highest BCUT2D eigenvalue weighted by molar-refractivity contribution is 7.16. The lowest BCUT2D eigenvalue weighted by molar-refractivity contribution is -0.122. The minimum atomic E-state index is -0.633. The smallest absolute Gasteiger partial charge is 0.265 e. The van der Waals surface area contributed by atoms with Crippen LogP contribution in [-0.2, 0) is 24.1 Å². The Kier molecular flexibility index (Phi) is 6.18. The van der Waals surface area contributed by atoms with Crippen molar-refractivity contribution in [3.8, 4) is 11.8 Å². The van der Waals surface area contributed by atoms with Crippen LogP contribution in [0.2, 0.25) is 0 Å². The summed E-state index contributed by atoms with van der Waals surface area (Å²) >= 11 is 1.55. The molecule has 4 nitrogen and oxygen atoms in total. The number of nitriles is 1. The molecular formula is C22H26N2O2S. The largest absolute Gasteiger partial charge is 0.481 e. The first-order chi connectivity index (χ1) is 13.0. The quantitative estimate of drug-likeness (QED) is 0.756.